The summed E-state index contributed by atoms with van der Waals surface area (Å²) in [5, 5.41) is 12.9. The molecule has 154 valence electrons. The molecule has 2 aromatic carbocycles. The minimum absolute atomic E-state index is 0.108. The molecule has 0 saturated heterocycles. The molecule has 0 atom stereocenters. The molecule has 0 spiro atoms. The Balaban J connectivity index is 1.56. The fourth-order valence-corrected chi connectivity index (χ4v) is 4.25. The molecule has 31 heavy (non-hydrogen) atoms. The van der Waals surface area contributed by atoms with E-state index in [9.17, 15) is 10.1 Å². The Morgan fingerprint density at radius 1 is 1.03 bits per heavy atom. The first-order valence-corrected chi connectivity index (χ1v) is 10.4. The van der Waals surface area contributed by atoms with E-state index in [0.717, 1.165) is 21.8 Å². The van der Waals surface area contributed by atoms with E-state index in [2.05, 4.69) is 36.9 Å². The van der Waals surface area contributed by atoms with E-state index in [4.69, 9.17) is 4.74 Å². The van der Waals surface area contributed by atoms with E-state index in [1.807, 2.05) is 41.3 Å². The fourth-order valence-electron chi connectivity index (χ4n) is 3.79. The second kappa shape index (κ2) is 7.92. The zero-order valence-corrected chi connectivity index (χ0v) is 17.8. The normalized spacial score (nSPS) is 13.1. The van der Waals surface area contributed by atoms with E-state index >= 15 is 0 Å². The second-order valence-electron chi connectivity index (χ2n) is 7.10. The Morgan fingerprint density at radius 3 is 2.71 bits per heavy atom. The molecule has 0 N–H and O–H groups in total. The van der Waals surface area contributed by atoms with Gasteiger partial charge < -0.3 is 9.64 Å². The fraction of sp³-hybridized carbons (Fsp3) is 0.136. The van der Waals surface area contributed by atoms with Crippen LogP contribution in [-0.4, -0.2) is 26.4 Å². The largest absolute Gasteiger partial charge is 0.431 e. The predicted molar refractivity (Wildman–Crippen MR) is 119 cm³/mol. The summed E-state index contributed by atoms with van der Waals surface area (Å²) in [5.41, 5.74) is 2.71. The summed E-state index contributed by atoms with van der Waals surface area (Å²) in [5.74, 6) is 0.526. The van der Waals surface area contributed by atoms with Crippen LogP contribution in [-0.2, 0) is 13.0 Å². The molecular formula is C22H16BrN5O3. The van der Waals surface area contributed by atoms with Gasteiger partial charge in [0.1, 0.15) is 11.8 Å². The van der Waals surface area contributed by atoms with Gasteiger partial charge in [-0.1, -0.05) is 46.3 Å². The lowest BCUT2D eigenvalue weighted by atomic mass is 10.00. The zero-order chi connectivity index (χ0) is 21.4. The average molecular weight is 478 g/mol. The minimum atomic E-state index is -0.486. The summed E-state index contributed by atoms with van der Waals surface area (Å²) < 4.78 is 6.79. The molecule has 2 aromatic heterocycles. The number of fused-ring (bicyclic) bond motifs is 2. The van der Waals surface area contributed by atoms with E-state index in [1.54, 1.807) is 12.3 Å². The van der Waals surface area contributed by atoms with Crippen LogP contribution < -0.4 is 9.64 Å². The van der Waals surface area contributed by atoms with Gasteiger partial charge in [-0.2, -0.15) is 4.98 Å². The van der Waals surface area contributed by atoms with Gasteiger partial charge in [-0.05, 0) is 35.7 Å². The van der Waals surface area contributed by atoms with Gasteiger partial charge in [-0.3, -0.25) is 15.1 Å². The summed E-state index contributed by atoms with van der Waals surface area (Å²) in [7, 11) is 0. The quantitative estimate of drug-likeness (QED) is 0.299. The van der Waals surface area contributed by atoms with Crippen molar-refractivity contribution in [1.29, 1.82) is 0 Å². The van der Waals surface area contributed by atoms with Crippen LogP contribution in [0.1, 0.15) is 11.1 Å². The molecule has 0 saturated carbocycles. The van der Waals surface area contributed by atoms with Gasteiger partial charge in [0.15, 0.2) is 5.75 Å². The summed E-state index contributed by atoms with van der Waals surface area (Å²) in [6, 6.07) is 15.3. The topological polar surface area (TPSA) is 94.3 Å². The summed E-state index contributed by atoms with van der Waals surface area (Å²) in [6.45, 7) is 1.16. The third-order valence-corrected chi connectivity index (χ3v) is 5.96. The average Bonchev–Trinajstić information content (AvgIpc) is 2.80. The highest BCUT2D eigenvalue weighted by molar-refractivity contribution is 9.10. The zero-order valence-electron chi connectivity index (χ0n) is 16.2. The second-order valence-corrected chi connectivity index (χ2v) is 7.95. The molecule has 5 rings (SSSR count). The van der Waals surface area contributed by atoms with Crippen molar-refractivity contribution in [3.8, 4) is 11.6 Å². The Hall–Kier alpha value is -3.59. The molecule has 9 heteroatoms. The molecule has 1 aliphatic heterocycles. The number of halogens is 1. The van der Waals surface area contributed by atoms with Gasteiger partial charge in [-0.25, -0.2) is 4.98 Å². The molecule has 3 heterocycles. The maximum absolute atomic E-state index is 12.0. The third kappa shape index (κ3) is 3.57. The van der Waals surface area contributed by atoms with Crippen LogP contribution in [0, 0.1) is 10.1 Å². The van der Waals surface area contributed by atoms with Crippen LogP contribution >= 0.6 is 15.9 Å². The van der Waals surface area contributed by atoms with E-state index in [0.29, 0.717) is 24.4 Å². The highest BCUT2D eigenvalue weighted by atomic mass is 79.9. The van der Waals surface area contributed by atoms with Gasteiger partial charge in [-0.15, -0.1) is 0 Å². The molecule has 0 radical (unpaired) electrons. The van der Waals surface area contributed by atoms with Crippen molar-refractivity contribution in [1.82, 2.24) is 15.0 Å². The highest BCUT2D eigenvalue weighted by Gasteiger charge is 2.31. The number of benzene rings is 2. The van der Waals surface area contributed by atoms with Gasteiger partial charge >= 0.3 is 11.6 Å². The first kappa shape index (κ1) is 19.4. The summed E-state index contributed by atoms with van der Waals surface area (Å²) in [6.07, 6.45) is 3.73. The number of hydrogen-bond donors (Lipinski definition) is 0. The van der Waals surface area contributed by atoms with Gasteiger partial charge in [0.25, 0.3) is 0 Å². The number of nitrogens with zero attached hydrogens (tertiary/aromatic N) is 5. The van der Waals surface area contributed by atoms with Crippen molar-refractivity contribution in [2.75, 3.05) is 11.4 Å². The third-order valence-electron chi connectivity index (χ3n) is 5.27. The lowest BCUT2D eigenvalue weighted by Gasteiger charge is -2.29. The predicted octanol–water partition coefficient (Wildman–Crippen LogP) is 5.05. The highest BCUT2D eigenvalue weighted by Crippen LogP contribution is 2.40. The lowest BCUT2D eigenvalue weighted by molar-refractivity contribution is -0.385. The number of aromatic nitrogens is 3. The first-order valence-electron chi connectivity index (χ1n) is 9.64. The number of rotatable bonds is 4. The van der Waals surface area contributed by atoms with E-state index in [-0.39, 0.29) is 17.4 Å². The molecule has 0 amide bonds. The smallest absolute Gasteiger partial charge is 0.373 e. The molecule has 0 fully saturated rings. The van der Waals surface area contributed by atoms with Crippen molar-refractivity contribution in [2.45, 2.75) is 13.0 Å². The molecule has 0 unspecified atom stereocenters. The van der Waals surface area contributed by atoms with Crippen LogP contribution in [0.25, 0.3) is 10.9 Å². The number of ether oxygens (including phenoxy) is 1. The van der Waals surface area contributed by atoms with Crippen LogP contribution in [0.3, 0.4) is 0 Å². The molecule has 0 bridgehead atoms. The maximum Gasteiger partial charge on any atom is 0.373 e. The van der Waals surface area contributed by atoms with Crippen molar-refractivity contribution >= 4 is 38.3 Å². The number of hydrogen-bond acceptors (Lipinski definition) is 7. The maximum atomic E-state index is 12.0. The van der Waals surface area contributed by atoms with Crippen molar-refractivity contribution in [2.24, 2.45) is 0 Å². The molecule has 0 aliphatic carbocycles. The Morgan fingerprint density at radius 2 is 1.87 bits per heavy atom. The van der Waals surface area contributed by atoms with Gasteiger partial charge in [0, 0.05) is 29.1 Å². The molecule has 4 aromatic rings. The monoisotopic (exact) mass is 477 g/mol. The Bertz CT molecular complexity index is 1310. The Labute approximate surface area is 185 Å². The SMILES string of the molecule is O=[N+]([O-])c1c(Oc2ccc(Br)c3cccnc23)ncnc1N1CCc2ccccc2C1. The number of anilines is 1. The van der Waals surface area contributed by atoms with Crippen LogP contribution in [0.5, 0.6) is 11.6 Å². The summed E-state index contributed by atoms with van der Waals surface area (Å²) in [4.78, 5) is 26.1. The van der Waals surface area contributed by atoms with Gasteiger partial charge in [0.2, 0.25) is 5.82 Å². The van der Waals surface area contributed by atoms with Crippen LogP contribution in [0.15, 0.2) is 65.5 Å². The van der Waals surface area contributed by atoms with Crippen LogP contribution in [0.2, 0.25) is 0 Å². The lowest BCUT2D eigenvalue weighted by Crippen LogP contribution is -2.31. The molecule has 1 aliphatic rings. The van der Waals surface area contributed by atoms with Crippen molar-refractivity contribution < 1.29 is 9.66 Å². The molecular weight excluding hydrogens is 462 g/mol. The minimum Gasteiger partial charge on any atom is -0.431 e. The van der Waals surface area contributed by atoms with Crippen LogP contribution in [0.4, 0.5) is 11.5 Å². The summed E-state index contributed by atoms with van der Waals surface area (Å²) >= 11 is 3.50. The van der Waals surface area contributed by atoms with E-state index < -0.39 is 4.92 Å². The number of pyridine rings is 1. The standard InChI is InChI=1S/C22H16BrN5O3/c23-17-7-8-18(19-16(17)6-3-10-24-19)31-22-20(28(29)30)21(25-13-26-22)27-11-9-14-4-1-2-5-15(14)12-27/h1-8,10,13H,9,11-12H2. The number of nitro groups is 1. The first-order chi connectivity index (χ1) is 15.1. The van der Waals surface area contributed by atoms with Gasteiger partial charge in [0.05, 0.1) is 4.92 Å². The van der Waals surface area contributed by atoms with E-state index in [1.165, 1.54) is 11.9 Å². The Kier molecular flexibility index (Phi) is 4.95. The molecule has 8 nitrogen and oxygen atoms in total. The van der Waals surface area contributed by atoms with Crippen molar-refractivity contribution in [3.05, 3.63) is 86.8 Å². The van der Waals surface area contributed by atoms with Crippen molar-refractivity contribution in [3.63, 3.8) is 0 Å².